The van der Waals surface area contributed by atoms with Crippen LogP contribution in [0.2, 0.25) is 0 Å². The Morgan fingerprint density at radius 1 is 1.15 bits per heavy atom. The number of carbonyl (C=O) groups excluding carboxylic acids is 1. The molecule has 4 atom stereocenters. The Morgan fingerprint density at radius 2 is 1.74 bits per heavy atom. The molecule has 0 radical (unpaired) electrons. The number of rotatable bonds is 4. The number of hydrogen-bond donors (Lipinski definition) is 0. The van der Waals surface area contributed by atoms with Crippen LogP contribution in [0.5, 0.6) is 0 Å². The van der Waals surface area contributed by atoms with Crippen LogP contribution in [0.25, 0.3) is 0 Å². The summed E-state index contributed by atoms with van der Waals surface area (Å²) >= 11 is 0. The minimum Gasteiger partial charge on any atom is -0.442 e. The lowest BCUT2D eigenvalue weighted by Crippen LogP contribution is -2.47. The molecule has 0 aromatic heterocycles. The van der Waals surface area contributed by atoms with Crippen LogP contribution in [0.1, 0.15) is 75.2 Å². The summed E-state index contributed by atoms with van der Waals surface area (Å²) in [6, 6.07) is 0. The average molecular weight is 377 g/mol. The van der Waals surface area contributed by atoms with E-state index in [9.17, 15) is 4.79 Å². The zero-order valence-corrected chi connectivity index (χ0v) is 18.5. The molecule has 4 nitrogen and oxygen atoms in total. The van der Waals surface area contributed by atoms with Crippen molar-refractivity contribution >= 4 is 5.97 Å². The first kappa shape index (κ1) is 22.0. The quantitative estimate of drug-likeness (QED) is 0.226. The standard InChI is InChI=1S/C23H36O4/c1-15(2)19(24)25-23(12-11-21(7,8)27-26-20(4,5)6)14-17-13-18(23)16(3)22(17,9)10/h16-18H,1,13-14H2,2-10H3/t16-,17+,18+,23+/m0/s1. The van der Waals surface area contributed by atoms with Crippen LogP contribution in [0.15, 0.2) is 12.2 Å². The van der Waals surface area contributed by atoms with Crippen LogP contribution in [-0.4, -0.2) is 22.8 Å². The van der Waals surface area contributed by atoms with Gasteiger partial charge in [-0.1, -0.05) is 39.2 Å². The van der Waals surface area contributed by atoms with Crippen LogP contribution >= 0.6 is 0 Å². The van der Waals surface area contributed by atoms with E-state index < -0.39 is 16.8 Å². The summed E-state index contributed by atoms with van der Waals surface area (Å²) < 4.78 is 5.99. The molecule has 0 aliphatic heterocycles. The molecule has 0 N–H and O–H groups in total. The second kappa shape index (κ2) is 6.94. The van der Waals surface area contributed by atoms with E-state index in [4.69, 9.17) is 14.5 Å². The molecule has 0 spiro atoms. The molecule has 2 rings (SSSR count). The van der Waals surface area contributed by atoms with Crippen LogP contribution in [0.4, 0.5) is 0 Å². The highest BCUT2D eigenvalue weighted by Gasteiger charge is 2.63. The van der Waals surface area contributed by atoms with Crippen LogP contribution in [0.3, 0.4) is 0 Å². The zero-order chi connectivity index (χ0) is 20.8. The van der Waals surface area contributed by atoms with Gasteiger partial charge in [0, 0.05) is 17.9 Å². The molecule has 2 aliphatic rings. The number of ether oxygens (including phenoxy) is 1. The highest BCUT2D eigenvalue weighted by atomic mass is 17.2. The van der Waals surface area contributed by atoms with Crippen LogP contribution in [0, 0.1) is 35.0 Å². The maximum Gasteiger partial charge on any atom is 0.334 e. The fourth-order valence-electron chi connectivity index (χ4n) is 4.21. The maximum absolute atomic E-state index is 12.4. The fourth-order valence-corrected chi connectivity index (χ4v) is 4.21. The van der Waals surface area contributed by atoms with Gasteiger partial charge in [0.15, 0.2) is 11.2 Å². The van der Waals surface area contributed by atoms with E-state index in [1.165, 1.54) is 0 Å². The molecule has 152 valence electrons. The topological polar surface area (TPSA) is 44.8 Å². The highest BCUT2D eigenvalue weighted by molar-refractivity contribution is 5.87. The third kappa shape index (κ3) is 4.58. The van der Waals surface area contributed by atoms with Gasteiger partial charge in [-0.3, -0.25) is 0 Å². The Hall–Kier alpha value is -1.31. The maximum atomic E-state index is 12.4. The zero-order valence-electron chi connectivity index (χ0n) is 18.5. The summed E-state index contributed by atoms with van der Waals surface area (Å²) in [4.78, 5) is 23.4. The van der Waals surface area contributed by atoms with Gasteiger partial charge < -0.3 is 4.74 Å². The summed E-state index contributed by atoms with van der Waals surface area (Å²) in [7, 11) is 0. The molecule has 27 heavy (non-hydrogen) atoms. The summed E-state index contributed by atoms with van der Waals surface area (Å²) in [5, 5.41) is 0. The van der Waals surface area contributed by atoms with Crippen LogP contribution in [-0.2, 0) is 19.3 Å². The number of fused-ring (bicyclic) bond motifs is 2. The first-order chi connectivity index (χ1) is 12.1. The molecule has 0 heterocycles. The van der Waals surface area contributed by atoms with E-state index >= 15 is 0 Å². The van der Waals surface area contributed by atoms with Crippen molar-refractivity contribution in [2.75, 3.05) is 0 Å². The lowest BCUT2D eigenvalue weighted by molar-refractivity contribution is -0.384. The van der Waals surface area contributed by atoms with Gasteiger partial charge in [0.05, 0.1) is 5.60 Å². The average Bonchev–Trinajstić information content (AvgIpc) is 2.99. The SMILES string of the molecule is C=C(C)C(=O)O[C@]1(C#CC(C)(C)OOC(C)(C)C)C[C@H]2C[C@@H]1[C@H](C)C2(C)C. The number of esters is 1. The van der Waals surface area contributed by atoms with E-state index in [1.54, 1.807) is 6.92 Å². The lowest BCUT2D eigenvalue weighted by atomic mass is 9.64. The first-order valence-electron chi connectivity index (χ1n) is 9.90. The predicted molar refractivity (Wildman–Crippen MR) is 107 cm³/mol. The Bertz CT molecular complexity index is 667. The number of carbonyl (C=O) groups is 1. The fraction of sp³-hybridized carbons (Fsp3) is 0.783. The van der Waals surface area contributed by atoms with Crippen molar-refractivity contribution < 1.29 is 19.3 Å². The van der Waals surface area contributed by atoms with Crippen molar-refractivity contribution in [1.29, 1.82) is 0 Å². The summed E-state index contributed by atoms with van der Waals surface area (Å²) in [6.45, 7) is 21.8. The molecule has 4 heteroatoms. The van der Waals surface area contributed by atoms with Gasteiger partial charge >= 0.3 is 5.97 Å². The highest BCUT2D eigenvalue weighted by Crippen LogP contribution is 2.63. The second-order valence-corrected chi connectivity index (χ2v) is 10.5. The van der Waals surface area contributed by atoms with Gasteiger partial charge in [0.25, 0.3) is 0 Å². The van der Waals surface area contributed by atoms with Gasteiger partial charge in [-0.25, -0.2) is 14.6 Å². The van der Waals surface area contributed by atoms with Crippen molar-refractivity contribution in [1.82, 2.24) is 0 Å². The number of hydrogen-bond acceptors (Lipinski definition) is 4. The second-order valence-electron chi connectivity index (χ2n) is 10.5. The smallest absolute Gasteiger partial charge is 0.334 e. The normalized spacial score (nSPS) is 32.0. The van der Waals surface area contributed by atoms with Crippen molar-refractivity contribution in [3.8, 4) is 11.8 Å². The van der Waals surface area contributed by atoms with E-state index in [2.05, 4.69) is 39.2 Å². The van der Waals surface area contributed by atoms with Crippen molar-refractivity contribution in [3.05, 3.63) is 12.2 Å². The molecule has 2 aliphatic carbocycles. The van der Waals surface area contributed by atoms with Gasteiger partial charge in [-0.05, 0) is 65.2 Å². The molecule has 0 aromatic carbocycles. The molecule has 2 bridgehead atoms. The molecule has 0 unspecified atom stereocenters. The minimum absolute atomic E-state index is 0.215. The van der Waals surface area contributed by atoms with Crippen molar-refractivity contribution in [2.24, 2.45) is 23.2 Å². The van der Waals surface area contributed by atoms with Gasteiger partial charge in [-0.15, -0.1) is 0 Å². The van der Waals surface area contributed by atoms with Gasteiger partial charge in [0.2, 0.25) is 0 Å². The largest absolute Gasteiger partial charge is 0.442 e. The Morgan fingerprint density at radius 3 is 2.19 bits per heavy atom. The third-order valence-corrected chi connectivity index (χ3v) is 6.21. The minimum atomic E-state index is -0.809. The van der Waals surface area contributed by atoms with Gasteiger partial charge in [-0.2, -0.15) is 0 Å². The first-order valence-corrected chi connectivity index (χ1v) is 9.90. The third-order valence-electron chi connectivity index (χ3n) is 6.21. The van der Waals surface area contributed by atoms with Crippen LogP contribution < -0.4 is 0 Å². The molecular formula is C23H36O4. The van der Waals surface area contributed by atoms with E-state index in [0.717, 1.165) is 12.8 Å². The molecule has 2 fully saturated rings. The molecule has 2 saturated carbocycles. The van der Waals surface area contributed by atoms with Gasteiger partial charge in [0.1, 0.15) is 0 Å². The van der Waals surface area contributed by atoms with Crippen molar-refractivity contribution in [3.63, 3.8) is 0 Å². The van der Waals surface area contributed by atoms with E-state index in [0.29, 0.717) is 17.4 Å². The Balaban J connectivity index is 2.32. The molecule has 0 aromatic rings. The monoisotopic (exact) mass is 376 g/mol. The predicted octanol–water partition coefficient (Wildman–Crippen LogP) is 5.08. The Kier molecular flexibility index (Phi) is 5.65. The Labute approximate surface area is 164 Å². The molecular weight excluding hydrogens is 340 g/mol. The molecule has 0 saturated heterocycles. The summed E-state index contributed by atoms with van der Waals surface area (Å²) in [5.41, 5.74) is -1.38. The summed E-state index contributed by atoms with van der Waals surface area (Å²) in [5.74, 6) is 7.25. The lowest BCUT2D eigenvalue weighted by Gasteiger charge is -2.44. The van der Waals surface area contributed by atoms with E-state index in [-0.39, 0.29) is 17.3 Å². The van der Waals surface area contributed by atoms with E-state index in [1.807, 2.05) is 34.6 Å². The van der Waals surface area contributed by atoms with Crippen molar-refractivity contribution in [2.45, 2.75) is 92.0 Å². The summed E-state index contributed by atoms with van der Waals surface area (Å²) in [6.07, 6.45) is 1.79. The molecule has 0 amide bonds.